The van der Waals surface area contributed by atoms with Crippen LogP contribution in [0, 0.1) is 0 Å². The molecule has 5 heteroatoms. The summed E-state index contributed by atoms with van der Waals surface area (Å²) in [6.07, 6.45) is 2.77. The first-order valence-electron chi connectivity index (χ1n) is 9.92. The van der Waals surface area contributed by atoms with E-state index in [0.29, 0.717) is 6.04 Å². The lowest BCUT2D eigenvalue weighted by atomic mass is 10.1. The van der Waals surface area contributed by atoms with E-state index < -0.39 is 0 Å². The molecule has 2 aliphatic heterocycles. The molecule has 0 aliphatic carbocycles. The molecule has 3 rings (SSSR count). The number of nitrogens with zero attached hydrogens (tertiary/aromatic N) is 2. The van der Waals surface area contributed by atoms with Gasteiger partial charge in [-0.2, -0.15) is 11.8 Å². The third kappa shape index (κ3) is 5.02. The van der Waals surface area contributed by atoms with E-state index in [1.807, 2.05) is 23.9 Å². The lowest BCUT2D eigenvalue weighted by Crippen LogP contribution is -2.50. The molecule has 1 amide bonds. The predicted octanol–water partition coefficient (Wildman–Crippen LogP) is 3.65. The van der Waals surface area contributed by atoms with E-state index in [0.717, 1.165) is 56.1 Å². The Labute approximate surface area is 162 Å². The van der Waals surface area contributed by atoms with E-state index in [2.05, 4.69) is 42.7 Å². The van der Waals surface area contributed by atoms with Crippen LogP contribution in [0.1, 0.15) is 49.5 Å². The summed E-state index contributed by atoms with van der Waals surface area (Å²) in [5.74, 6) is 2.33. The van der Waals surface area contributed by atoms with Gasteiger partial charge in [-0.1, -0.05) is 19.1 Å². The third-order valence-corrected chi connectivity index (χ3v) is 6.22. The Kier molecular flexibility index (Phi) is 7.01. The van der Waals surface area contributed by atoms with Crippen molar-refractivity contribution in [3.05, 3.63) is 35.4 Å². The summed E-state index contributed by atoms with van der Waals surface area (Å²) >= 11 is 1.91. The molecule has 0 saturated carbocycles. The molecule has 2 aliphatic rings. The molecule has 0 spiro atoms. The van der Waals surface area contributed by atoms with Crippen molar-refractivity contribution in [1.29, 1.82) is 0 Å². The molecule has 2 heterocycles. The number of benzene rings is 1. The molecule has 4 nitrogen and oxygen atoms in total. The number of hydrogen-bond acceptors (Lipinski definition) is 4. The molecular weight excluding hydrogens is 344 g/mol. The van der Waals surface area contributed by atoms with Crippen LogP contribution in [0.2, 0.25) is 0 Å². The van der Waals surface area contributed by atoms with Crippen LogP contribution in [0.3, 0.4) is 0 Å². The van der Waals surface area contributed by atoms with E-state index in [-0.39, 0.29) is 18.1 Å². The number of likely N-dealkylation sites (tertiary alicyclic amines) is 1. The van der Waals surface area contributed by atoms with Crippen molar-refractivity contribution in [2.45, 2.75) is 57.6 Å². The van der Waals surface area contributed by atoms with Gasteiger partial charge in [0.2, 0.25) is 0 Å². The van der Waals surface area contributed by atoms with E-state index in [1.165, 1.54) is 5.56 Å². The van der Waals surface area contributed by atoms with Crippen molar-refractivity contribution in [3.63, 3.8) is 0 Å². The minimum Gasteiger partial charge on any atom is -0.373 e. The van der Waals surface area contributed by atoms with Gasteiger partial charge in [-0.25, -0.2) is 0 Å². The molecule has 3 atom stereocenters. The van der Waals surface area contributed by atoms with Gasteiger partial charge in [0.05, 0.1) is 12.2 Å². The summed E-state index contributed by atoms with van der Waals surface area (Å²) in [6, 6.07) is 8.54. The Morgan fingerprint density at radius 1 is 1.19 bits per heavy atom. The number of carbonyl (C=O) groups excluding carboxylic acids is 1. The molecule has 2 fully saturated rings. The second-order valence-corrected chi connectivity index (χ2v) is 8.88. The molecule has 1 aromatic rings. The highest BCUT2D eigenvalue weighted by Gasteiger charge is 2.32. The zero-order chi connectivity index (χ0) is 18.5. The number of hydrogen-bond donors (Lipinski definition) is 0. The van der Waals surface area contributed by atoms with Crippen molar-refractivity contribution >= 4 is 17.7 Å². The number of thioether (sulfide) groups is 1. The lowest BCUT2D eigenvalue weighted by Gasteiger charge is -2.38. The van der Waals surface area contributed by atoms with Crippen molar-refractivity contribution in [3.8, 4) is 0 Å². The summed E-state index contributed by atoms with van der Waals surface area (Å²) < 4.78 is 5.84. The first-order chi connectivity index (χ1) is 12.6. The Morgan fingerprint density at radius 2 is 1.88 bits per heavy atom. The fraction of sp³-hybridized carbons (Fsp3) is 0.667. The average molecular weight is 377 g/mol. The summed E-state index contributed by atoms with van der Waals surface area (Å²) in [7, 11) is 0. The van der Waals surface area contributed by atoms with Crippen LogP contribution in [0.4, 0.5) is 0 Å². The number of amides is 1. The molecule has 0 radical (unpaired) electrons. The average Bonchev–Trinajstić information content (AvgIpc) is 3.07. The van der Waals surface area contributed by atoms with Gasteiger partial charge in [-0.3, -0.25) is 9.69 Å². The van der Waals surface area contributed by atoms with Gasteiger partial charge < -0.3 is 9.64 Å². The standard InChI is InChI=1S/C21H32N2O2S/c1-4-26-15-18-7-9-19(10-8-18)21(24)23-11-5-6-20(23)14-22-12-16(2)25-17(3)13-22/h7-10,16-17,20H,4-6,11-15H2,1-3H3. The molecule has 26 heavy (non-hydrogen) atoms. The normalized spacial score (nSPS) is 27.0. The zero-order valence-electron chi connectivity index (χ0n) is 16.3. The summed E-state index contributed by atoms with van der Waals surface area (Å²) in [5.41, 5.74) is 2.12. The minimum atomic E-state index is 0.191. The Morgan fingerprint density at radius 3 is 2.54 bits per heavy atom. The smallest absolute Gasteiger partial charge is 0.254 e. The largest absolute Gasteiger partial charge is 0.373 e. The van der Waals surface area contributed by atoms with Crippen molar-refractivity contribution in [1.82, 2.24) is 9.80 Å². The number of carbonyl (C=O) groups is 1. The van der Waals surface area contributed by atoms with Crippen LogP contribution in [0.5, 0.6) is 0 Å². The molecule has 0 N–H and O–H groups in total. The van der Waals surface area contributed by atoms with Crippen LogP contribution in [0.25, 0.3) is 0 Å². The van der Waals surface area contributed by atoms with Crippen LogP contribution >= 0.6 is 11.8 Å². The highest BCUT2D eigenvalue weighted by Crippen LogP contribution is 2.23. The van der Waals surface area contributed by atoms with Crippen molar-refractivity contribution in [2.75, 3.05) is 31.9 Å². The quantitative estimate of drug-likeness (QED) is 0.759. The summed E-state index contributed by atoms with van der Waals surface area (Å²) in [5, 5.41) is 0. The van der Waals surface area contributed by atoms with E-state index >= 15 is 0 Å². The van der Waals surface area contributed by atoms with Gasteiger partial charge in [0, 0.05) is 43.5 Å². The first-order valence-corrected chi connectivity index (χ1v) is 11.1. The molecule has 0 aromatic heterocycles. The monoisotopic (exact) mass is 376 g/mol. The second-order valence-electron chi connectivity index (χ2n) is 7.60. The van der Waals surface area contributed by atoms with Gasteiger partial charge in [0.1, 0.15) is 0 Å². The molecule has 0 bridgehead atoms. The van der Waals surface area contributed by atoms with Crippen LogP contribution in [-0.4, -0.2) is 65.9 Å². The molecular formula is C21H32N2O2S. The zero-order valence-corrected chi connectivity index (χ0v) is 17.1. The fourth-order valence-corrected chi connectivity index (χ4v) is 4.79. The van der Waals surface area contributed by atoms with Crippen LogP contribution in [0.15, 0.2) is 24.3 Å². The minimum absolute atomic E-state index is 0.191. The van der Waals surface area contributed by atoms with Gasteiger partial charge in [-0.15, -0.1) is 0 Å². The van der Waals surface area contributed by atoms with Crippen molar-refractivity contribution in [2.24, 2.45) is 0 Å². The Balaban J connectivity index is 1.61. The molecule has 3 unspecified atom stereocenters. The summed E-state index contributed by atoms with van der Waals surface area (Å²) in [4.78, 5) is 17.6. The fourth-order valence-electron chi connectivity index (χ4n) is 4.15. The highest BCUT2D eigenvalue weighted by molar-refractivity contribution is 7.98. The number of ether oxygens (including phenoxy) is 1. The number of morpholine rings is 1. The van der Waals surface area contributed by atoms with E-state index in [4.69, 9.17) is 4.74 Å². The number of rotatable bonds is 6. The van der Waals surface area contributed by atoms with Crippen LogP contribution < -0.4 is 0 Å². The van der Waals surface area contributed by atoms with Crippen LogP contribution in [-0.2, 0) is 10.5 Å². The third-order valence-electron chi connectivity index (χ3n) is 5.28. The predicted molar refractivity (Wildman–Crippen MR) is 109 cm³/mol. The van der Waals surface area contributed by atoms with E-state index in [1.54, 1.807) is 0 Å². The highest BCUT2D eigenvalue weighted by atomic mass is 32.2. The maximum Gasteiger partial charge on any atom is 0.254 e. The maximum absolute atomic E-state index is 13.0. The molecule has 2 saturated heterocycles. The Bertz CT molecular complexity index is 582. The van der Waals surface area contributed by atoms with Gasteiger partial charge >= 0.3 is 0 Å². The van der Waals surface area contributed by atoms with Gasteiger partial charge in [-0.05, 0) is 50.1 Å². The second kappa shape index (κ2) is 9.25. The SMILES string of the molecule is CCSCc1ccc(C(=O)N2CCCC2CN2CC(C)OC(C)C2)cc1. The molecule has 1 aromatic carbocycles. The summed E-state index contributed by atoms with van der Waals surface area (Å²) in [6.45, 7) is 10.2. The van der Waals surface area contributed by atoms with Gasteiger partial charge in [0.25, 0.3) is 5.91 Å². The molecule has 144 valence electrons. The lowest BCUT2D eigenvalue weighted by molar-refractivity contribution is -0.0715. The van der Waals surface area contributed by atoms with Crippen molar-refractivity contribution < 1.29 is 9.53 Å². The Hall–Kier alpha value is -1.04. The maximum atomic E-state index is 13.0. The van der Waals surface area contributed by atoms with E-state index in [9.17, 15) is 4.79 Å². The van der Waals surface area contributed by atoms with Gasteiger partial charge in [0.15, 0.2) is 0 Å². The topological polar surface area (TPSA) is 32.8 Å². The first kappa shape index (κ1) is 19.7.